The highest BCUT2D eigenvalue weighted by atomic mass is 32.2. The van der Waals surface area contributed by atoms with Crippen molar-refractivity contribution in [2.75, 3.05) is 24.2 Å². The Kier molecular flexibility index (Phi) is 7.93. The Labute approximate surface area is 210 Å². The third-order valence-electron chi connectivity index (χ3n) is 5.87. The minimum absolute atomic E-state index is 0.00357. The van der Waals surface area contributed by atoms with Crippen LogP contribution in [0.15, 0.2) is 62.7 Å². The van der Waals surface area contributed by atoms with Crippen molar-refractivity contribution in [2.24, 2.45) is 11.8 Å². The summed E-state index contributed by atoms with van der Waals surface area (Å²) in [6.07, 6.45) is 1.48. The average molecular weight is 515 g/mol. The van der Waals surface area contributed by atoms with Gasteiger partial charge < -0.3 is 4.42 Å². The Hall–Kier alpha value is -2.69. The molecule has 1 aliphatic rings. The number of nitrogens with zero attached hydrogens (tertiary/aromatic N) is 3. The minimum atomic E-state index is -3.60. The van der Waals surface area contributed by atoms with Crippen LogP contribution in [0.5, 0.6) is 0 Å². The number of aromatic nitrogens is 2. The monoisotopic (exact) mass is 514 g/mol. The highest BCUT2D eigenvalue weighted by Gasteiger charge is 2.31. The summed E-state index contributed by atoms with van der Waals surface area (Å²) in [5.41, 5.74) is 1.33. The van der Waals surface area contributed by atoms with Crippen LogP contribution in [0.3, 0.4) is 0 Å². The fourth-order valence-electron chi connectivity index (χ4n) is 4.32. The summed E-state index contributed by atoms with van der Waals surface area (Å²) < 4.78 is 33.2. The maximum Gasteiger partial charge on any atom is 0.322 e. The van der Waals surface area contributed by atoms with Gasteiger partial charge in [0, 0.05) is 23.5 Å². The molecule has 1 amide bonds. The van der Waals surface area contributed by atoms with Crippen molar-refractivity contribution in [1.82, 2.24) is 14.5 Å². The number of benzene rings is 2. The van der Waals surface area contributed by atoms with E-state index in [4.69, 9.17) is 4.42 Å². The smallest absolute Gasteiger partial charge is 0.322 e. The van der Waals surface area contributed by atoms with Gasteiger partial charge in [-0.15, -0.1) is 16.9 Å². The van der Waals surface area contributed by atoms with Crippen molar-refractivity contribution < 1.29 is 17.6 Å². The molecule has 1 N–H and O–H groups in total. The van der Waals surface area contributed by atoms with Gasteiger partial charge in [-0.2, -0.15) is 4.31 Å². The second-order valence-corrected chi connectivity index (χ2v) is 12.3. The van der Waals surface area contributed by atoms with E-state index in [1.807, 2.05) is 12.1 Å². The van der Waals surface area contributed by atoms with Gasteiger partial charge in [0.2, 0.25) is 15.9 Å². The summed E-state index contributed by atoms with van der Waals surface area (Å²) in [7, 11) is -3.60. The molecule has 1 aromatic heterocycles. The Morgan fingerprint density at radius 1 is 1.06 bits per heavy atom. The second kappa shape index (κ2) is 10.9. The number of nitrogens with one attached hydrogen (secondary N) is 1. The SMILES string of the molecule is CCSc1ccc(Cc2nnc(NC(=O)c3ccc(S(=O)(=O)N4CC(C)CC(C)C4)cc3)o2)cc1. The molecule has 35 heavy (non-hydrogen) atoms. The van der Waals surface area contributed by atoms with Gasteiger partial charge in [-0.25, -0.2) is 8.42 Å². The van der Waals surface area contributed by atoms with Gasteiger partial charge in [-0.05, 0) is 66.0 Å². The van der Waals surface area contributed by atoms with Crippen LogP contribution in [0.4, 0.5) is 6.01 Å². The van der Waals surface area contributed by atoms with Crippen LogP contribution in [0.25, 0.3) is 0 Å². The fraction of sp³-hybridized carbons (Fsp3) is 0.400. The zero-order valence-corrected chi connectivity index (χ0v) is 21.7. The number of rotatable bonds is 8. The van der Waals surface area contributed by atoms with Gasteiger partial charge in [-0.3, -0.25) is 10.1 Å². The molecule has 10 heteroatoms. The Bertz CT molecular complexity index is 1250. The minimum Gasteiger partial charge on any atom is -0.407 e. The fourth-order valence-corrected chi connectivity index (χ4v) is 6.66. The number of anilines is 1. The molecule has 2 heterocycles. The number of amides is 1. The number of carbonyl (C=O) groups excluding carboxylic acids is 1. The zero-order valence-electron chi connectivity index (χ0n) is 20.1. The molecule has 3 aromatic rings. The molecule has 2 unspecified atom stereocenters. The van der Waals surface area contributed by atoms with E-state index in [-0.39, 0.29) is 10.9 Å². The van der Waals surface area contributed by atoms with E-state index in [0.29, 0.717) is 42.8 Å². The number of hydrogen-bond donors (Lipinski definition) is 1. The van der Waals surface area contributed by atoms with Crippen molar-refractivity contribution >= 4 is 33.7 Å². The second-order valence-electron chi connectivity index (χ2n) is 9.00. The summed E-state index contributed by atoms with van der Waals surface area (Å²) >= 11 is 1.77. The Balaban J connectivity index is 1.38. The summed E-state index contributed by atoms with van der Waals surface area (Å²) in [5, 5.41) is 10.5. The Morgan fingerprint density at radius 2 is 1.71 bits per heavy atom. The first kappa shape index (κ1) is 25.4. The standard InChI is InChI=1S/C25H30N4O4S2/c1-4-34-21-9-5-19(6-10-21)14-23-27-28-25(33-23)26-24(30)20-7-11-22(12-8-20)35(31,32)29-15-17(2)13-18(3)16-29/h5-12,17-18H,4,13-16H2,1-3H3,(H,26,28,30). The van der Waals surface area contributed by atoms with E-state index < -0.39 is 15.9 Å². The maximum atomic E-state index is 13.0. The molecule has 4 rings (SSSR count). The Morgan fingerprint density at radius 3 is 2.34 bits per heavy atom. The lowest BCUT2D eigenvalue weighted by molar-refractivity contribution is 0.102. The van der Waals surface area contributed by atoms with Crippen LogP contribution < -0.4 is 5.32 Å². The lowest BCUT2D eigenvalue weighted by atomic mass is 9.94. The third-order valence-corrected chi connectivity index (χ3v) is 8.61. The predicted molar refractivity (Wildman–Crippen MR) is 136 cm³/mol. The molecule has 8 nitrogen and oxygen atoms in total. The lowest BCUT2D eigenvalue weighted by Crippen LogP contribution is -2.42. The summed E-state index contributed by atoms with van der Waals surface area (Å²) in [4.78, 5) is 14.0. The third kappa shape index (κ3) is 6.31. The molecule has 2 aromatic carbocycles. The lowest BCUT2D eigenvalue weighted by Gasteiger charge is -2.34. The largest absolute Gasteiger partial charge is 0.407 e. The van der Waals surface area contributed by atoms with Gasteiger partial charge >= 0.3 is 6.01 Å². The van der Waals surface area contributed by atoms with Crippen LogP contribution in [-0.2, 0) is 16.4 Å². The van der Waals surface area contributed by atoms with E-state index in [1.54, 1.807) is 11.8 Å². The van der Waals surface area contributed by atoms with Gasteiger partial charge in [-0.1, -0.05) is 38.0 Å². The van der Waals surface area contributed by atoms with Crippen molar-refractivity contribution in [3.8, 4) is 0 Å². The first-order valence-electron chi connectivity index (χ1n) is 11.7. The van der Waals surface area contributed by atoms with Crippen LogP contribution in [-0.4, -0.2) is 47.7 Å². The van der Waals surface area contributed by atoms with Crippen molar-refractivity contribution in [3.63, 3.8) is 0 Å². The molecule has 0 bridgehead atoms. The maximum absolute atomic E-state index is 13.0. The molecule has 1 saturated heterocycles. The highest BCUT2D eigenvalue weighted by Crippen LogP contribution is 2.27. The van der Waals surface area contributed by atoms with Crippen molar-refractivity contribution in [3.05, 3.63) is 65.5 Å². The molecule has 2 atom stereocenters. The molecule has 1 fully saturated rings. The van der Waals surface area contributed by atoms with Crippen molar-refractivity contribution in [2.45, 2.75) is 43.4 Å². The van der Waals surface area contributed by atoms with E-state index in [1.165, 1.54) is 33.5 Å². The molecule has 0 spiro atoms. The van der Waals surface area contributed by atoms with Gasteiger partial charge in [0.1, 0.15) is 0 Å². The van der Waals surface area contributed by atoms with Crippen LogP contribution in [0, 0.1) is 11.8 Å². The van der Waals surface area contributed by atoms with Gasteiger partial charge in [0.15, 0.2) is 0 Å². The molecular weight excluding hydrogens is 484 g/mol. The summed E-state index contributed by atoms with van der Waals surface area (Å²) in [6.45, 7) is 7.26. The zero-order chi connectivity index (χ0) is 25.0. The normalized spacial score (nSPS) is 18.9. The molecular formula is C25H30N4O4S2. The number of carbonyl (C=O) groups is 1. The summed E-state index contributed by atoms with van der Waals surface area (Å²) in [5.74, 6) is 1.59. The highest BCUT2D eigenvalue weighted by molar-refractivity contribution is 7.99. The van der Waals surface area contributed by atoms with Crippen LogP contribution in [0.1, 0.15) is 49.0 Å². The number of thioether (sulfide) groups is 1. The average Bonchev–Trinajstić information content (AvgIpc) is 3.26. The van der Waals surface area contributed by atoms with Crippen LogP contribution in [0.2, 0.25) is 0 Å². The first-order chi connectivity index (χ1) is 16.7. The van der Waals surface area contributed by atoms with Crippen LogP contribution >= 0.6 is 11.8 Å². The first-order valence-corrected chi connectivity index (χ1v) is 14.1. The van der Waals surface area contributed by atoms with Gasteiger partial charge in [0.25, 0.3) is 5.91 Å². The molecule has 0 aliphatic carbocycles. The number of sulfonamides is 1. The quantitative estimate of drug-likeness (QED) is 0.435. The van der Waals surface area contributed by atoms with Crippen molar-refractivity contribution in [1.29, 1.82) is 0 Å². The van der Waals surface area contributed by atoms with E-state index >= 15 is 0 Å². The van der Waals surface area contributed by atoms with E-state index in [9.17, 15) is 13.2 Å². The molecule has 1 aliphatic heterocycles. The number of piperidine rings is 1. The molecule has 0 radical (unpaired) electrons. The molecule has 186 valence electrons. The topological polar surface area (TPSA) is 105 Å². The predicted octanol–water partition coefficient (Wildman–Crippen LogP) is 4.69. The number of hydrogen-bond acceptors (Lipinski definition) is 7. The van der Waals surface area contributed by atoms with Gasteiger partial charge in [0.05, 0.1) is 11.3 Å². The molecule has 0 saturated carbocycles. The summed E-state index contributed by atoms with van der Waals surface area (Å²) in [6, 6.07) is 14.1. The van der Waals surface area contributed by atoms with E-state index in [2.05, 4.69) is 48.4 Å². The van der Waals surface area contributed by atoms with E-state index in [0.717, 1.165) is 17.7 Å².